The van der Waals surface area contributed by atoms with Crippen LogP contribution in [-0.4, -0.2) is 17.9 Å². The van der Waals surface area contributed by atoms with E-state index in [-0.39, 0.29) is 6.04 Å². The molecule has 2 aliphatic heterocycles. The van der Waals surface area contributed by atoms with Crippen LogP contribution in [0.4, 0.5) is 0 Å². The Bertz CT molecular complexity index is 537. The number of methoxy groups -OCH3 is 1. The van der Waals surface area contributed by atoms with Gasteiger partial charge in [-0.15, -0.1) is 0 Å². The van der Waals surface area contributed by atoms with Crippen LogP contribution < -0.4 is 20.1 Å². The number of halogens is 1. The monoisotopic (exact) mass is 284 g/mol. The molecule has 18 heavy (non-hydrogen) atoms. The first-order valence-corrected chi connectivity index (χ1v) is 6.44. The van der Waals surface area contributed by atoms with Gasteiger partial charge in [-0.25, -0.2) is 0 Å². The predicted molar refractivity (Wildman–Crippen MR) is 73.3 cm³/mol. The minimum atomic E-state index is -0.499. The molecule has 1 saturated heterocycles. The van der Waals surface area contributed by atoms with Crippen molar-refractivity contribution in [3.05, 3.63) is 22.7 Å². The molecule has 2 aliphatic rings. The summed E-state index contributed by atoms with van der Waals surface area (Å²) >= 11 is 11.3. The molecule has 2 atom stereocenters. The van der Waals surface area contributed by atoms with Crippen molar-refractivity contribution in [2.24, 2.45) is 0 Å². The SMILES string of the molecule is COc1cc(Cl)cc2c1OC1(C)CC2NC(=S)N1. The molecular weight excluding hydrogens is 272 g/mol. The Labute approximate surface area is 116 Å². The van der Waals surface area contributed by atoms with Crippen LogP contribution in [0.5, 0.6) is 11.5 Å². The Hall–Kier alpha value is -1.20. The van der Waals surface area contributed by atoms with Crippen LogP contribution in [0, 0.1) is 0 Å². The molecule has 96 valence electrons. The number of hydrogen-bond donors (Lipinski definition) is 2. The first kappa shape index (κ1) is 11.9. The fraction of sp³-hybridized carbons (Fsp3) is 0.417. The highest BCUT2D eigenvalue weighted by Gasteiger charge is 2.43. The van der Waals surface area contributed by atoms with E-state index in [0.717, 1.165) is 17.7 Å². The summed E-state index contributed by atoms with van der Waals surface area (Å²) in [6, 6.07) is 3.74. The number of rotatable bonds is 1. The van der Waals surface area contributed by atoms with Gasteiger partial charge in [0, 0.05) is 23.1 Å². The molecule has 1 aromatic carbocycles. The fourth-order valence-corrected chi connectivity index (χ4v) is 3.09. The molecule has 2 bridgehead atoms. The largest absolute Gasteiger partial charge is 0.493 e. The summed E-state index contributed by atoms with van der Waals surface area (Å²) in [5.41, 5.74) is 0.488. The smallest absolute Gasteiger partial charge is 0.182 e. The molecule has 1 aromatic rings. The third-order valence-electron chi connectivity index (χ3n) is 3.25. The summed E-state index contributed by atoms with van der Waals surface area (Å²) in [7, 11) is 1.60. The molecule has 0 amide bonds. The lowest BCUT2D eigenvalue weighted by atomic mass is 9.91. The molecule has 0 aromatic heterocycles. The highest BCUT2D eigenvalue weighted by Crippen LogP contribution is 2.46. The molecule has 0 spiro atoms. The van der Waals surface area contributed by atoms with Crippen LogP contribution in [0.1, 0.15) is 24.9 Å². The molecule has 6 heteroatoms. The molecule has 0 aliphatic carbocycles. The highest BCUT2D eigenvalue weighted by molar-refractivity contribution is 7.80. The molecule has 2 N–H and O–H groups in total. The first-order valence-electron chi connectivity index (χ1n) is 5.66. The van der Waals surface area contributed by atoms with Crippen molar-refractivity contribution in [2.45, 2.75) is 25.1 Å². The van der Waals surface area contributed by atoms with Crippen molar-refractivity contribution < 1.29 is 9.47 Å². The minimum Gasteiger partial charge on any atom is -0.493 e. The van der Waals surface area contributed by atoms with E-state index in [4.69, 9.17) is 33.3 Å². The Morgan fingerprint density at radius 2 is 2.33 bits per heavy atom. The number of nitrogens with one attached hydrogen (secondary N) is 2. The van der Waals surface area contributed by atoms with Gasteiger partial charge in [0.25, 0.3) is 0 Å². The molecule has 4 nitrogen and oxygen atoms in total. The van der Waals surface area contributed by atoms with E-state index in [0.29, 0.717) is 15.9 Å². The third-order valence-corrected chi connectivity index (χ3v) is 3.69. The van der Waals surface area contributed by atoms with Crippen LogP contribution in [0.2, 0.25) is 5.02 Å². The minimum absolute atomic E-state index is 0.0973. The Kier molecular flexibility index (Phi) is 2.57. The normalized spacial score (nSPS) is 28.6. The Balaban J connectivity index is 2.15. The second kappa shape index (κ2) is 3.90. The second-order valence-corrected chi connectivity index (χ2v) is 5.56. The molecule has 2 heterocycles. The van der Waals surface area contributed by atoms with E-state index in [1.54, 1.807) is 13.2 Å². The fourth-order valence-electron chi connectivity index (χ4n) is 2.51. The van der Waals surface area contributed by atoms with Gasteiger partial charge in [0.15, 0.2) is 22.3 Å². The van der Waals surface area contributed by atoms with Crippen LogP contribution in [0.3, 0.4) is 0 Å². The van der Waals surface area contributed by atoms with E-state index in [1.165, 1.54) is 0 Å². The Morgan fingerprint density at radius 3 is 3.06 bits per heavy atom. The maximum absolute atomic E-state index is 6.10. The average molecular weight is 285 g/mol. The Morgan fingerprint density at radius 1 is 1.56 bits per heavy atom. The van der Waals surface area contributed by atoms with Gasteiger partial charge in [-0.1, -0.05) is 11.6 Å². The van der Waals surface area contributed by atoms with E-state index >= 15 is 0 Å². The summed E-state index contributed by atoms with van der Waals surface area (Å²) < 4.78 is 11.3. The third kappa shape index (κ3) is 1.78. The van der Waals surface area contributed by atoms with Crippen molar-refractivity contribution in [1.82, 2.24) is 10.6 Å². The van der Waals surface area contributed by atoms with E-state index in [1.807, 2.05) is 13.0 Å². The highest BCUT2D eigenvalue weighted by atomic mass is 35.5. The van der Waals surface area contributed by atoms with Crippen LogP contribution >= 0.6 is 23.8 Å². The number of thiocarbonyl (C=S) groups is 1. The van der Waals surface area contributed by atoms with E-state index in [9.17, 15) is 0 Å². The molecular formula is C12H13ClN2O2S. The maximum Gasteiger partial charge on any atom is 0.182 e. The topological polar surface area (TPSA) is 42.5 Å². The number of ether oxygens (including phenoxy) is 2. The van der Waals surface area contributed by atoms with Crippen LogP contribution in [0.25, 0.3) is 0 Å². The van der Waals surface area contributed by atoms with Crippen molar-refractivity contribution >= 4 is 28.9 Å². The van der Waals surface area contributed by atoms with Gasteiger partial charge in [-0.05, 0) is 25.2 Å². The zero-order valence-electron chi connectivity index (χ0n) is 10.0. The van der Waals surface area contributed by atoms with Gasteiger partial charge < -0.3 is 20.1 Å². The summed E-state index contributed by atoms with van der Waals surface area (Å²) in [6.45, 7) is 1.98. The van der Waals surface area contributed by atoms with Gasteiger partial charge in [-0.2, -0.15) is 0 Å². The number of benzene rings is 1. The van der Waals surface area contributed by atoms with Crippen LogP contribution in [0.15, 0.2) is 12.1 Å². The lowest BCUT2D eigenvalue weighted by Crippen LogP contribution is -2.62. The van der Waals surface area contributed by atoms with Gasteiger partial charge in [0.1, 0.15) is 0 Å². The van der Waals surface area contributed by atoms with E-state index in [2.05, 4.69) is 10.6 Å². The summed E-state index contributed by atoms with van der Waals surface area (Å²) in [6.07, 6.45) is 0.781. The molecule has 0 saturated carbocycles. The maximum atomic E-state index is 6.10. The lowest BCUT2D eigenvalue weighted by Gasteiger charge is -2.45. The average Bonchev–Trinajstić information content (AvgIpc) is 2.28. The molecule has 0 radical (unpaired) electrons. The molecule has 2 unspecified atom stereocenters. The van der Waals surface area contributed by atoms with Crippen LogP contribution in [-0.2, 0) is 0 Å². The van der Waals surface area contributed by atoms with Crippen molar-refractivity contribution in [1.29, 1.82) is 0 Å². The summed E-state index contributed by atoms with van der Waals surface area (Å²) in [5, 5.41) is 7.60. The standard InChI is InChI=1S/C12H13ClN2O2S/c1-12-5-8(14-11(18)15-12)7-3-6(13)4-9(16-2)10(7)17-12/h3-4,8H,5H2,1-2H3,(H2,14,15,18). The predicted octanol–water partition coefficient (Wildman–Crippen LogP) is 2.37. The van der Waals surface area contributed by atoms with Crippen molar-refractivity contribution in [3.63, 3.8) is 0 Å². The van der Waals surface area contributed by atoms with Crippen molar-refractivity contribution in [3.8, 4) is 11.5 Å². The lowest BCUT2D eigenvalue weighted by molar-refractivity contribution is 0.0222. The second-order valence-electron chi connectivity index (χ2n) is 4.71. The molecule has 1 fully saturated rings. The first-order chi connectivity index (χ1) is 8.50. The molecule has 3 rings (SSSR count). The summed E-state index contributed by atoms with van der Waals surface area (Å²) in [5.74, 6) is 1.37. The summed E-state index contributed by atoms with van der Waals surface area (Å²) in [4.78, 5) is 0. The van der Waals surface area contributed by atoms with E-state index < -0.39 is 5.72 Å². The van der Waals surface area contributed by atoms with Gasteiger partial charge in [0.05, 0.1) is 13.2 Å². The van der Waals surface area contributed by atoms with Crippen molar-refractivity contribution in [2.75, 3.05) is 7.11 Å². The van der Waals surface area contributed by atoms with Gasteiger partial charge in [0.2, 0.25) is 0 Å². The number of fused-ring (bicyclic) bond motifs is 4. The zero-order chi connectivity index (χ0) is 12.9. The van der Waals surface area contributed by atoms with Gasteiger partial charge in [-0.3, -0.25) is 0 Å². The van der Waals surface area contributed by atoms with Gasteiger partial charge >= 0.3 is 0 Å². The zero-order valence-corrected chi connectivity index (χ0v) is 11.6. The number of hydrogen-bond acceptors (Lipinski definition) is 3. The quantitative estimate of drug-likeness (QED) is 0.775.